The molecule has 1 atom stereocenters. The molecule has 4 heteroatoms. The van der Waals surface area contributed by atoms with Crippen LogP contribution in [-0.4, -0.2) is 10.3 Å². The minimum atomic E-state index is -0.368. The van der Waals surface area contributed by atoms with Crippen LogP contribution in [0.25, 0.3) is 0 Å². The van der Waals surface area contributed by atoms with Gasteiger partial charge in [0.2, 0.25) is 0 Å². The Labute approximate surface area is 125 Å². The third kappa shape index (κ3) is 4.78. The first kappa shape index (κ1) is 15.3. The number of nitrogens with zero attached hydrogens (tertiary/aromatic N) is 1. The summed E-state index contributed by atoms with van der Waals surface area (Å²) in [4.78, 5) is 10.2. The van der Waals surface area contributed by atoms with E-state index in [4.69, 9.17) is 11.6 Å². The number of nitro groups is 1. The molecule has 1 saturated carbocycles. The second-order valence-corrected chi connectivity index (χ2v) is 6.44. The number of rotatable bonds is 5. The molecule has 1 aromatic rings. The molecule has 0 aliphatic heterocycles. The fraction of sp³-hybridized carbons (Fsp3) is 0.625. The maximum absolute atomic E-state index is 10.6. The van der Waals surface area contributed by atoms with Crippen molar-refractivity contribution < 1.29 is 4.92 Å². The van der Waals surface area contributed by atoms with E-state index >= 15 is 0 Å². The second-order valence-electron chi connectivity index (χ2n) is 5.82. The molecule has 0 amide bonds. The molecule has 0 saturated heterocycles. The van der Waals surface area contributed by atoms with Gasteiger partial charge in [-0.3, -0.25) is 10.1 Å². The molecule has 1 aliphatic carbocycles. The summed E-state index contributed by atoms with van der Waals surface area (Å²) in [5.41, 5.74) is 1.23. The third-order valence-corrected chi connectivity index (χ3v) is 4.50. The highest BCUT2D eigenvalue weighted by Crippen LogP contribution is 2.29. The fourth-order valence-corrected chi connectivity index (χ4v) is 3.48. The van der Waals surface area contributed by atoms with Crippen molar-refractivity contribution in [3.8, 4) is 0 Å². The zero-order valence-electron chi connectivity index (χ0n) is 11.8. The standard InChI is InChI=1S/C16H22ClNO2/c17-15(11-13-5-3-1-2-4-6-13)12-14-7-9-16(10-8-14)18(19)20/h7-10,13,15H,1-6,11-12H2. The van der Waals surface area contributed by atoms with E-state index in [9.17, 15) is 10.1 Å². The van der Waals surface area contributed by atoms with Gasteiger partial charge in [0.05, 0.1) is 4.92 Å². The summed E-state index contributed by atoms with van der Waals surface area (Å²) in [6, 6.07) is 6.76. The topological polar surface area (TPSA) is 43.1 Å². The number of non-ortho nitro benzene ring substituents is 1. The van der Waals surface area contributed by atoms with E-state index in [0.29, 0.717) is 0 Å². The molecule has 1 aliphatic rings. The van der Waals surface area contributed by atoms with Crippen LogP contribution in [0.3, 0.4) is 0 Å². The molecule has 0 spiro atoms. The Kier molecular flexibility index (Phi) is 5.84. The lowest BCUT2D eigenvalue weighted by Gasteiger charge is -2.17. The average Bonchev–Trinajstić information content (AvgIpc) is 2.68. The first-order chi connectivity index (χ1) is 9.65. The van der Waals surface area contributed by atoms with E-state index in [1.54, 1.807) is 12.1 Å². The van der Waals surface area contributed by atoms with Gasteiger partial charge in [-0.1, -0.05) is 50.7 Å². The van der Waals surface area contributed by atoms with Crippen LogP contribution >= 0.6 is 11.6 Å². The van der Waals surface area contributed by atoms with E-state index in [-0.39, 0.29) is 16.0 Å². The summed E-state index contributed by atoms with van der Waals surface area (Å²) >= 11 is 6.47. The molecule has 110 valence electrons. The smallest absolute Gasteiger partial charge is 0.258 e. The van der Waals surface area contributed by atoms with Gasteiger partial charge in [0, 0.05) is 17.5 Å². The summed E-state index contributed by atoms with van der Waals surface area (Å²) in [6.45, 7) is 0. The lowest BCUT2D eigenvalue weighted by molar-refractivity contribution is -0.384. The maximum Gasteiger partial charge on any atom is 0.269 e. The van der Waals surface area contributed by atoms with Crippen LogP contribution < -0.4 is 0 Å². The van der Waals surface area contributed by atoms with E-state index in [1.165, 1.54) is 38.5 Å². The van der Waals surface area contributed by atoms with Crippen molar-refractivity contribution in [2.24, 2.45) is 5.92 Å². The van der Waals surface area contributed by atoms with Crippen molar-refractivity contribution in [3.63, 3.8) is 0 Å². The van der Waals surface area contributed by atoms with Crippen LogP contribution in [0.15, 0.2) is 24.3 Å². The SMILES string of the molecule is O=[N+]([O-])c1ccc(CC(Cl)CC2CCCCCC2)cc1. The molecular weight excluding hydrogens is 274 g/mol. The minimum Gasteiger partial charge on any atom is -0.258 e. The van der Waals surface area contributed by atoms with Gasteiger partial charge in [0.15, 0.2) is 0 Å². The second kappa shape index (κ2) is 7.63. The van der Waals surface area contributed by atoms with Crippen LogP contribution in [0.2, 0.25) is 0 Å². The highest BCUT2D eigenvalue weighted by Gasteiger charge is 2.17. The summed E-state index contributed by atoms with van der Waals surface area (Å²) in [7, 11) is 0. The van der Waals surface area contributed by atoms with Gasteiger partial charge in [0.1, 0.15) is 0 Å². The zero-order valence-corrected chi connectivity index (χ0v) is 12.5. The van der Waals surface area contributed by atoms with Crippen molar-refractivity contribution >= 4 is 17.3 Å². The Balaban J connectivity index is 1.83. The number of nitro benzene ring substituents is 1. The maximum atomic E-state index is 10.6. The Morgan fingerprint density at radius 1 is 1.15 bits per heavy atom. The van der Waals surface area contributed by atoms with Gasteiger partial charge >= 0.3 is 0 Å². The third-order valence-electron chi connectivity index (χ3n) is 4.17. The Morgan fingerprint density at radius 3 is 2.30 bits per heavy atom. The monoisotopic (exact) mass is 295 g/mol. The van der Waals surface area contributed by atoms with Crippen molar-refractivity contribution in [1.82, 2.24) is 0 Å². The van der Waals surface area contributed by atoms with Gasteiger partial charge in [-0.05, 0) is 24.3 Å². The predicted molar refractivity (Wildman–Crippen MR) is 82.3 cm³/mol. The van der Waals surface area contributed by atoms with Crippen LogP contribution in [0.4, 0.5) is 5.69 Å². The van der Waals surface area contributed by atoms with Crippen LogP contribution in [-0.2, 0) is 6.42 Å². The first-order valence-corrected chi connectivity index (χ1v) is 7.96. The van der Waals surface area contributed by atoms with Crippen molar-refractivity contribution in [2.45, 2.75) is 56.7 Å². The molecule has 0 bridgehead atoms. The van der Waals surface area contributed by atoms with E-state index < -0.39 is 0 Å². The molecule has 1 unspecified atom stereocenters. The Bertz CT molecular complexity index is 425. The average molecular weight is 296 g/mol. The fourth-order valence-electron chi connectivity index (χ4n) is 3.05. The van der Waals surface area contributed by atoms with Crippen LogP contribution in [0, 0.1) is 16.0 Å². The number of hydrogen-bond donors (Lipinski definition) is 0. The quantitative estimate of drug-likeness (QED) is 0.328. The van der Waals surface area contributed by atoms with Gasteiger partial charge in [-0.25, -0.2) is 0 Å². The molecule has 0 N–H and O–H groups in total. The van der Waals surface area contributed by atoms with Gasteiger partial charge < -0.3 is 0 Å². The highest BCUT2D eigenvalue weighted by atomic mass is 35.5. The summed E-state index contributed by atoms with van der Waals surface area (Å²) in [5, 5.41) is 10.7. The molecule has 0 heterocycles. The largest absolute Gasteiger partial charge is 0.269 e. The molecule has 0 aromatic heterocycles. The van der Waals surface area contributed by atoms with Crippen molar-refractivity contribution in [2.75, 3.05) is 0 Å². The van der Waals surface area contributed by atoms with Crippen molar-refractivity contribution in [1.29, 1.82) is 0 Å². The Hall–Kier alpha value is -1.09. The van der Waals surface area contributed by atoms with Gasteiger partial charge in [-0.15, -0.1) is 11.6 Å². The predicted octanol–water partition coefficient (Wildman–Crippen LogP) is 5.11. The van der Waals surface area contributed by atoms with Gasteiger partial charge in [-0.2, -0.15) is 0 Å². The normalized spacial score (nSPS) is 18.4. The molecule has 0 radical (unpaired) electrons. The summed E-state index contributed by atoms with van der Waals surface area (Å²) < 4.78 is 0. The van der Waals surface area contributed by atoms with E-state index in [0.717, 1.165) is 24.3 Å². The first-order valence-electron chi connectivity index (χ1n) is 7.52. The lowest BCUT2D eigenvalue weighted by Crippen LogP contribution is -2.11. The van der Waals surface area contributed by atoms with Crippen LogP contribution in [0.5, 0.6) is 0 Å². The summed E-state index contributed by atoms with van der Waals surface area (Å²) in [5.74, 6) is 0.762. The van der Waals surface area contributed by atoms with Gasteiger partial charge in [0.25, 0.3) is 5.69 Å². The molecule has 1 fully saturated rings. The summed E-state index contributed by atoms with van der Waals surface area (Å²) in [6.07, 6.45) is 9.90. The minimum absolute atomic E-state index is 0.138. The molecule has 3 nitrogen and oxygen atoms in total. The highest BCUT2D eigenvalue weighted by molar-refractivity contribution is 6.20. The molecule has 2 rings (SSSR count). The van der Waals surface area contributed by atoms with E-state index in [2.05, 4.69) is 0 Å². The number of alkyl halides is 1. The van der Waals surface area contributed by atoms with Crippen LogP contribution in [0.1, 0.15) is 50.5 Å². The van der Waals surface area contributed by atoms with E-state index in [1.807, 2.05) is 12.1 Å². The lowest BCUT2D eigenvalue weighted by atomic mass is 9.93. The molecular formula is C16H22ClNO2. The Morgan fingerprint density at radius 2 is 1.75 bits per heavy atom. The zero-order chi connectivity index (χ0) is 14.4. The number of hydrogen-bond acceptors (Lipinski definition) is 2. The number of halogens is 1. The number of benzene rings is 1. The molecule has 20 heavy (non-hydrogen) atoms. The van der Waals surface area contributed by atoms with Crippen molar-refractivity contribution in [3.05, 3.63) is 39.9 Å². The molecule has 1 aromatic carbocycles.